The second-order valence-electron chi connectivity index (χ2n) is 4.87. The molecule has 0 bridgehead atoms. The molecule has 8 heteroatoms. The number of pyridine rings is 1. The standard InChI is InChI=1S/C15H14N8/c1-10-3-5-18-11(7-10)9-19-13-12(8-16)14(22-15(17)21-13)23-6-2-4-20-23/h2-7H,9H2,1H3,(H3,17,19,21,22). The largest absolute Gasteiger partial charge is 0.368 e. The highest BCUT2D eigenvalue weighted by molar-refractivity contribution is 5.61. The fraction of sp³-hybridized carbons (Fsp3) is 0.133. The Kier molecular flexibility index (Phi) is 3.84. The number of anilines is 2. The van der Waals surface area contributed by atoms with E-state index in [9.17, 15) is 5.26 Å². The van der Waals surface area contributed by atoms with Gasteiger partial charge in [0, 0.05) is 18.6 Å². The fourth-order valence-electron chi connectivity index (χ4n) is 2.13. The maximum atomic E-state index is 9.46. The van der Waals surface area contributed by atoms with Crippen LogP contribution < -0.4 is 11.1 Å². The van der Waals surface area contributed by atoms with Gasteiger partial charge in [-0.25, -0.2) is 4.68 Å². The number of nitriles is 1. The van der Waals surface area contributed by atoms with Crippen molar-refractivity contribution < 1.29 is 0 Å². The molecule has 3 rings (SSSR count). The molecule has 0 saturated carbocycles. The Labute approximate surface area is 132 Å². The zero-order valence-electron chi connectivity index (χ0n) is 12.4. The van der Waals surface area contributed by atoms with Gasteiger partial charge in [0.15, 0.2) is 11.6 Å². The molecule has 3 aromatic rings. The maximum Gasteiger partial charge on any atom is 0.224 e. The van der Waals surface area contributed by atoms with Crippen LogP contribution in [0.1, 0.15) is 16.8 Å². The number of nitrogens with two attached hydrogens (primary N) is 1. The average Bonchev–Trinajstić information content (AvgIpc) is 3.06. The minimum Gasteiger partial charge on any atom is -0.368 e. The van der Waals surface area contributed by atoms with Crippen molar-refractivity contribution in [2.24, 2.45) is 0 Å². The van der Waals surface area contributed by atoms with E-state index in [4.69, 9.17) is 5.73 Å². The average molecular weight is 306 g/mol. The van der Waals surface area contributed by atoms with Gasteiger partial charge in [0.1, 0.15) is 11.6 Å². The van der Waals surface area contributed by atoms with Gasteiger partial charge in [0.05, 0.1) is 12.2 Å². The third-order valence-corrected chi connectivity index (χ3v) is 3.15. The summed E-state index contributed by atoms with van der Waals surface area (Å²) in [6.45, 7) is 2.41. The molecule has 0 amide bonds. The molecule has 0 spiro atoms. The predicted molar refractivity (Wildman–Crippen MR) is 84.6 cm³/mol. The fourth-order valence-corrected chi connectivity index (χ4v) is 2.13. The van der Waals surface area contributed by atoms with E-state index in [1.807, 2.05) is 19.1 Å². The van der Waals surface area contributed by atoms with Crippen LogP contribution in [0, 0.1) is 18.3 Å². The van der Waals surface area contributed by atoms with Crippen molar-refractivity contribution in [3.8, 4) is 11.9 Å². The van der Waals surface area contributed by atoms with Crippen LogP contribution in [0.2, 0.25) is 0 Å². The Hall–Kier alpha value is -3.47. The summed E-state index contributed by atoms with van der Waals surface area (Å²) in [5.41, 5.74) is 7.98. The van der Waals surface area contributed by atoms with Gasteiger partial charge in [-0.1, -0.05) is 0 Å². The van der Waals surface area contributed by atoms with Crippen molar-refractivity contribution in [3.05, 3.63) is 53.6 Å². The molecule has 0 unspecified atom stereocenters. The van der Waals surface area contributed by atoms with Crippen LogP contribution in [0.3, 0.4) is 0 Å². The van der Waals surface area contributed by atoms with Gasteiger partial charge in [-0.15, -0.1) is 0 Å². The topological polar surface area (TPSA) is 118 Å². The summed E-state index contributed by atoms with van der Waals surface area (Å²) < 4.78 is 1.48. The lowest BCUT2D eigenvalue weighted by Gasteiger charge is -2.11. The third-order valence-electron chi connectivity index (χ3n) is 3.15. The molecule has 0 radical (unpaired) electrons. The van der Waals surface area contributed by atoms with E-state index < -0.39 is 0 Å². The van der Waals surface area contributed by atoms with Gasteiger partial charge < -0.3 is 11.1 Å². The number of aryl methyl sites for hydroxylation is 1. The first-order valence-corrected chi connectivity index (χ1v) is 6.90. The summed E-state index contributed by atoms with van der Waals surface area (Å²) in [5, 5.41) is 16.6. The number of nitrogen functional groups attached to an aromatic ring is 1. The minimum atomic E-state index is 0.0641. The van der Waals surface area contributed by atoms with Crippen molar-refractivity contribution in [2.75, 3.05) is 11.1 Å². The molecule has 0 atom stereocenters. The van der Waals surface area contributed by atoms with Crippen LogP contribution in [0.5, 0.6) is 0 Å². The van der Waals surface area contributed by atoms with Crippen molar-refractivity contribution in [2.45, 2.75) is 13.5 Å². The molecule has 0 aromatic carbocycles. The molecular formula is C15H14N8. The van der Waals surface area contributed by atoms with Crippen molar-refractivity contribution in [3.63, 3.8) is 0 Å². The summed E-state index contributed by atoms with van der Waals surface area (Å²) in [6, 6.07) is 7.72. The lowest BCUT2D eigenvalue weighted by atomic mass is 10.2. The summed E-state index contributed by atoms with van der Waals surface area (Å²) in [6.07, 6.45) is 5.03. The number of hydrogen-bond donors (Lipinski definition) is 2. The van der Waals surface area contributed by atoms with E-state index in [2.05, 4.69) is 31.4 Å². The zero-order valence-corrected chi connectivity index (χ0v) is 12.4. The van der Waals surface area contributed by atoms with E-state index in [0.717, 1.165) is 11.3 Å². The molecule has 8 nitrogen and oxygen atoms in total. The normalized spacial score (nSPS) is 10.3. The highest BCUT2D eigenvalue weighted by Crippen LogP contribution is 2.20. The quantitative estimate of drug-likeness (QED) is 0.748. The van der Waals surface area contributed by atoms with Crippen LogP contribution >= 0.6 is 0 Å². The first-order valence-electron chi connectivity index (χ1n) is 6.90. The van der Waals surface area contributed by atoms with Gasteiger partial charge in [-0.2, -0.15) is 20.3 Å². The van der Waals surface area contributed by atoms with Crippen LogP contribution in [0.4, 0.5) is 11.8 Å². The molecule has 3 N–H and O–H groups in total. The number of nitrogens with one attached hydrogen (secondary N) is 1. The van der Waals surface area contributed by atoms with Crippen LogP contribution in [0.15, 0.2) is 36.8 Å². The molecule has 0 aliphatic heterocycles. The Morgan fingerprint density at radius 2 is 2.22 bits per heavy atom. The number of rotatable bonds is 4. The molecule has 0 aliphatic rings. The number of aromatic nitrogens is 5. The first kappa shape index (κ1) is 14.5. The van der Waals surface area contributed by atoms with Crippen LogP contribution in [-0.2, 0) is 6.54 Å². The molecule has 0 fully saturated rings. The number of nitrogens with zero attached hydrogens (tertiary/aromatic N) is 6. The van der Waals surface area contributed by atoms with Gasteiger partial charge in [-0.05, 0) is 30.7 Å². The first-order chi connectivity index (χ1) is 11.2. The van der Waals surface area contributed by atoms with E-state index >= 15 is 0 Å². The molecular weight excluding hydrogens is 292 g/mol. The molecule has 3 aromatic heterocycles. The Balaban J connectivity index is 1.94. The smallest absolute Gasteiger partial charge is 0.224 e. The third kappa shape index (κ3) is 3.08. The van der Waals surface area contributed by atoms with E-state index in [1.54, 1.807) is 24.7 Å². The van der Waals surface area contributed by atoms with Gasteiger partial charge in [-0.3, -0.25) is 4.98 Å². The molecule has 0 aliphatic carbocycles. The summed E-state index contributed by atoms with van der Waals surface area (Å²) in [5.74, 6) is 0.757. The van der Waals surface area contributed by atoms with E-state index in [1.165, 1.54) is 4.68 Å². The highest BCUT2D eigenvalue weighted by Gasteiger charge is 2.15. The second kappa shape index (κ2) is 6.11. The van der Waals surface area contributed by atoms with Crippen molar-refractivity contribution in [1.29, 1.82) is 5.26 Å². The van der Waals surface area contributed by atoms with Gasteiger partial charge in [0.2, 0.25) is 5.95 Å². The SMILES string of the molecule is Cc1ccnc(CNc2nc(N)nc(-n3cccn3)c2C#N)c1. The Morgan fingerprint density at radius 3 is 2.91 bits per heavy atom. The summed E-state index contributed by atoms with van der Waals surface area (Å²) >= 11 is 0. The lowest BCUT2D eigenvalue weighted by Crippen LogP contribution is -2.12. The summed E-state index contributed by atoms with van der Waals surface area (Å²) in [4.78, 5) is 12.5. The van der Waals surface area contributed by atoms with E-state index in [-0.39, 0.29) is 11.5 Å². The van der Waals surface area contributed by atoms with Crippen molar-refractivity contribution in [1.82, 2.24) is 24.7 Å². The molecule has 0 saturated heterocycles. The summed E-state index contributed by atoms with van der Waals surface area (Å²) in [7, 11) is 0. The molecule has 114 valence electrons. The minimum absolute atomic E-state index is 0.0641. The lowest BCUT2D eigenvalue weighted by molar-refractivity contribution is 0.837. The highest BCUT2D eigenvalue weighted by atomic mass is 15.3. The Bertz CT molecular complexity index is 864. The second-order valence-corrected chi connectivity index (χ2v) is 4.87. The van der Waals surface area contributed by atoms with Gasteiger partial charge in [0.25, 0.3) is 0 Å². The molecule has 23 heavy (non-hydrogen) atoms. The molecule has 3 heterocycles. The maximum absolute atomic E-state index is 9.46. The van der Waals surface area contributed by atoms with Crippen molar-refractivity contribution >= 4 is 11.8 Å². The number of hydrogen-bond acceptors (Lipinski definition) is 7. The monoisotopic (exact) mass is 306 g/mol. The van der Waals surface area contributed by atoms with E-state index in [0.29, 0.717) is 18.2 Å². The van der Waals surface area contributed by atoms with Crippen LogP contribution in [-0.4, -0.2) is 24.7 Å². The van der Waals surface area contributed by atoms with Crippen LogP contribution in [0.25, 0.3) is 5.82 Å². The van der Waals surface area contributed by atoms with Gasteiger partial charge >= 0.3 is 0 Å². The zero-order chi connectivity index (χ0) is 16.2. The predicted octanol–water partition coefficient (Wildman–Crippen LogP) is 1.43. The Morgan fingerprint density at radius 1 is 1.35 bits per heavy atom.